The summed E-state index contributed by atoms with van der Waals surface area (Å²) in [6.45, 7) is 1.32. The summed E-state index contributed by atoms with van der Waals surface area (Å²) in [4.78, 5) is 28.5. The number of rotatable bonds is 11. The van der Waals surface area contributed by atoms with E-state index in [0.717, 1.165) is 46.7 Å². The first-order chi connectivity index (χ1) is 18.6. The van der Waals surface area contributed by atoms with Gasteiger partial charge in [-0.05, 0) is 47.5 Å². The van der Waals surface area contributed by atoms with Gasteiger partial charge in [0.1, 0.15) is 23.7 Å². The van der Waals surface area contributed by atoms with Gasteiger partial charge in [0.15, 0.2) is 11.6 Å². The molecule has 0 fully saturated rings. The van der Waals surface area contributed by atoms with E-state index in [1.807, 2.05) is 30.3 Å². The topological polar surface area (TPSA) is 118 Å². The molecule has 0 atom stereocenters. The molecule has 1 amide bonds. The Kier molecular flexibility index (Phi) is 7.70. The van der Waals surface area contributed by atoms with Gasteiger partial charge < -0.3 is 24.8 Å². The number of carbonyl (C=O) groups is 1. The van der Waals surface area contributed by atoms with Gasteiger partial charge >= 0.3 is 0 Å². The van der Waals surface area contributed by atoms with E-state index in [2.05, 4.69) is 42.7 Å². The van der Waals surface area contributed by atoms with E-state index in [4.69, 9.17) is 9.15 Å². The number of nitrogens with one attached hydrogen (secondary N) is 3. The lowest BCUT2D eigenvalue weighted by atomic mass is 10.1. The van der Waals surface area contributed by atoms with Gasteiger partial charge in [-0.25, -0.2) is 14.4 Å². The number of aromatic amines is 1. The summed E-state index contributed by atoms with van der Waals surface area (Å²) in [5.41, 5.74) is 4.44. The normalized spacial score (nSPS) is 11.1. The molecule has 0 unspecified atom stereocenters. The number of imidazole rings is 1. The van der Waals surface area contributed by atoms with Gasteiger partial charge in [0.2, 0.25) is 0 Å². The van der Waals surface area contributed by atoms with Gasteiger partial charge in [-0.1, -0.05) is 18.2 Å². The zero-order valence-corrected chi connectivity index (χ0v) is 20.8. The average molecular weight is 515 g/mol. The van der Waals surface area contributed by atoms with Gasteiger partial charge in [-0.2, -0.15) is 0 Å². The van der Waals surface area contributed by atoms with Crippen LogP contribution in [0.4, 0.5) is 4.39 Å². The highest BCUT2D eigenvalue weighted by atomic mass is 19.1. The van der Waals surface area contributed by atoms with Crippen LogP contribution in [0.15, 0.2) is 71.5 Å². The number of hydrogen-bond acceptors (Lipinski definition) is 7. The quantitative estimate of drug-likeness (QED) is 0.228. The Bertz CT molecular complexity index is 1530. The van der Waals surface area contributed by atoms with Crippen LogP contribution in [0.25, 0.3) is 22.2 Å². The summed E-state index contributed by atoms with van der Waals surface area (Å²) in [5, 5.41) is 5.94. The molecule has 2 aromatic carbocycles. The van der Waals surface area contributed by atoms with Crippen LogP contribution in [0.1, 0.15) is 27.9 Å². The molecule has 10 heteroatoms. The summed E-state index contributed by atoms with van der Waals surface area (Å²) in [6.07, 6.45) is 4.02. The molecule has 0 saturated carbocycles. The van der Waals surface area contributed by atoms with Crippen LogP contribution in [-0.4, -0.2) is 46.0 Å². The predicted octanol–water partition coefficient (Wildman–Crippen LogP) is 4.07. The van der Waals surface area contributed by atoms with Gasteiger partial charge in [0.25, 0.3) is 5.91 Å². The van der Waals surface area contributed by atoms with Crippen LogP contribution >= 0.6 is 0 Å². The maximum Gasteiger partial charge on any atom is 0.273 e. The fourth-order valence-electron chi connectivity index (χ4n) is 4.00. The molecule has 9 nitrogen and oxygen atoms in total. The number of nitrogens with zero attached hydrogens (tertiary/aromatic N) is 3. The second kappa shape index (κ2) is 11.7. The molecular weight excluding hydrogens is 487 g/mol. The molecule has 5 rings (SSSR count). The second-order valence-electron chi connectivity index (χ2n) is 8.64. The Morgan fingerprint density at radius 2 is 1.87 bits per heavy atom. The lowest BCUT2D eigenvalue weighted by molar-refractivity contribution is 0.0945. The van der Waals surface area contributed by atoms with E-state index in [-0.39, 0.29) is 17.9 Å². The van der Waals surface area contributed by atoms with E-state index in [9.17, 15) is 9.18 Å². The number of fused-ring (bicyclic) bond motifs is 1. The van der Waals surface area contributed by atoms with E-state index < -0.39 is 11.7 Å². The average Bonchev–Trinajstić information content (AvgIpc) is 3.59. The maximum absolute atomic E-state index is 13.6. The number of oxazole rings is 1. The van der Waals surface area contributed by atoms with E-state index in [1.165, 1.54) is 24.6 Å². The molecule has 0 aliphatic rings. The molecule has 38 heavy (non-hydrogen) atoms. The van der Waals surface area contributed by atoms with Crippen molar-refractivity contribution in [3.05, 3.63) is 96.0 Å². The maximum atomic E-state index is 13.6. The van der Waals surface area contributed by atoms with Crippen LogP contribution in [0.5, 0.6) is 5.75 Å². The van der Waals surface area contributed by atoms with Crippen molar-refractivity contribution in [1.82, 2.24) is 30.6 Å². The summed E-state index contributed by atoms with van der Waals surface area (Å²) in [5.74, 6) is 1.26. The van der Waals surface area contributed by atoms with Crippen molar-refractivity contribution in [2.75, 3.05) is 20.2 Å². The van der Waals surface area contributed by atoms with Crippen molar-refractivity contribution >= 4 is 16.9 Å². The Morgan fingerprint density at radius 3 is 2.68 bits per heavy atom. The highest BCUT2D eigenvalue weighted by molar-refractivity contribution is 5.91. The molecule has 0 bridgehead atoms. The molecule has 194 valence electrons. The summed E-state index contributed by atoms with van der Waals surface area (Å²) in [6, 6.07) is 16.9. The largest absolute Gasteiger partial charge is 0.497 e. The lowest BCUT2D eigenvalue weighted by Crippen LogP contribution is -2.24. The van der Waals surface area contributed by atoms with Crippen molar-refractivity contribution < 1.29 is 18.3 Å². The number of benzene rings is 2. The van der Waals surface area contributed by atoms with Crippen LogP contribution in [-0.2, 0) is 19.4 Å². The monoisotopic (exact) mass is 514 g/mol. The minimum absolute atomic E-state index is 0.0279. The van der Waals surface area contributed by atoms with Crippen LogP contribution in [0, 0.1) is 5.82 Å². The first-order valence-electron chi connectivity index (χ1n) is 12.2. The Labute approximate surface area is 218 Å². The van der Waals surface area contributed by atoms with E-state index in [1.54, 1.807) is 7.11 Å². The summed E-state index contributed by atoms with van der Waals surface area (Å²) < 4.78 is 24.3. The Hall–Kier alpha value is -4.57. The lowest BCUT2D eigenvalue weighted by Gasteiger charge is -2.03. The van der Waals surface area contributed by atoms with Gasteiger partial charge in [-0.3, -0.25) is 9.78 Å². The number of ether oxygens (including phenoxy) is 1. The number of hydrogen-bond donors (Lipinski definition) is 3. The Balaban J connectivity index is 1.07. The van der Waals surface area contributed by atoms with Gasteiger partial charge in [-0.15, -0.1) is 0 Å². The van der Waals surface area contributed by atoms with Crippen LogP contribution < -0.4 is 15.4 Å². The highest BCUT2D eigenvalue weighted by Gasteiger charge is 2.13. The number of H-pyrrole nitrogens is 1. The predicted molar refractivity (Wildman–Crippen MR) is 140 cm³/mol. The number of halogens is 1. The molecule has 0 aliphatic carbocycles. The van der Waals surface area contributed by atoms with Gasteiger partial charge in [0, 0.05) is 32.1 Å². The fourth-order valence-corrected chi connectivity index (χ4v) is 4.00. The highest BCUT2D eigenvalue weighted by Crippen LogP contribution is 2.25. The SMILES string of the molecule is COc1ccc(-c2ccc3nc(CCNCCc4nc(C(=O)NCc5ncccc5F)co4)[nH]c3c2)cc1. The van der Waals surface area contributed by atoms with Gasteiger partial charge in [0.05, 0.1) is 30.4 Å². The number of carbonyl (C=O) groups excluding carboxylic acids is 1. The molecule has 3 N–H and O–H groups in total. The van der Waals surface area contributed by atoms with Crippen molar-refractivity contribution in [2.24, 2.45) is 0 Å². The van der Waals surface area contributed by atoms with Crippen molar-refractivity contribution in [3.63, 3.8) is 0 Å². The minimum Gasteiger partial charge on any atom is -0.497 e. The molecule has 0 saturated heterocycles. The molecule has 0 aliphatic heterocycles. The molecule has 5 aromatic rings. The van der Waals surface area contributed by atoms with E-state index >= 15 is 0 Å². The minimum atomic E-state index is -0.472. The smallest absolute Gasteiger partial charge is 0.273 e. The van der Waals surface area contributed by atoms with Crippen LogP contribution in [0.2, 0.25) is 0 Å². The number of amides is 1. The molecule has 3 aromatic heterocycles. The number of methoxy groups -OCH3 is 1. The second-order valence-corrected chi connectivity index (χ2v) is 8.64. The summed E-state index contributed by atoms with van der Waals surface area (Å²) in [7, 11) is 1.66. The third-order valence-electron chi connectivity index (χ3n) is 6.04. The third-order valence-corrected chi connectivity index (χ3v) is 6.04. The van der Waals surface area contributed by atoms with Crippen LogP contribution in [0.3, 0.4) is 0 Å². The zero-order valence-electron chi connectivity index (χ0n) is 20.8. The van der Waals surface area contributed by atoms with Crippen molar-refractivity contribution in [1.29, 1.82) is 0 Å². The first kappa shape index (κ1) is 25.1. The standard InChI is InChI=1S/C28H27FN6O3/c1-37-20-7-4-18(5-8-20)19-6-9-22-23(15-19)34-26(33-22)10-13-30-14-11-27-35-25(17-38-27)28(36)32-16-24-21(29)3-2-12-31-24/h2-9,12,15,17,30H,10-11,13-14,16H2,1H3,(H,32,36)(H,33,34). The number of pyridine rings is 1. The van der Waals surface area contributed by atoms with E-state index in [0.29, 0.717) is 18.9 Å². The third kappa shape index (κ3) is 6.04. The molecular formula is C28H27FN6O3. The summed E-state index contributed by atoms with van der Waals surface area (Å²) >= 11 is 0. The molecule has 0 radical (unpaired) electrons. The molecule has 0 spiro atoms. The Morgan fingerprint density at radius 1 is 1.05 bits per heavy atom. The van der Waals surface area contributed by atoms with Crippen molar-refractivity contribution in [3.8, 4) is 16.9 Å². The fraction of sp³-hybridized carbons (Fsp3) is 0.214. The zero-order chi connectivity index (χ0) is 26.3. The molecule has 3 heterocycles. The first-order valence-corrected chi connectivity index (χ1v) is 12.2. The number of aromatic nitrogens is 4. The van der Waals surface area contributed by atoms with Crippen molar-refractivity contribution in [2.45, 2.75) is 19.4 Å².